The van der Waals surface area contributed by atoms with Crippen molar-refractivity contribution in [2.45, 2.75) is 107 Å². The van der Waals surface area contributed by atoms with E-state index in [1.165, 1.54) is 21.3 Å². The van der Waals surface area contributed by atoms with Crippen molar-refractivity contribution in [3.63, 3.8) is 0 Å². The predicted molar refractivity (Wildman–Crippen MR) is 203 cm³/mol. The molecule has 4 aliphatic heterocycles. The molecule has 57 heavy (non-hydrogen) atoms. The van der Waals surface area contributed by atoms with Gasteiger partial charge in [0.05, 0.1) is 123 Å². The van der Waals surface area contributed by atoms with Crippen LogP contribution < -0.4 is 41.6 Å². The third-order valence-corrected chi connectivity index (χ3v) is 10.1. The fourth-order valence-electron chi connectivity index (χ4n) is 6.55. The zero-order valence-corrected chi connectivity index (χ0v) is 37.6. The van der Waals surface area contributed by atoms with Crippen molar-refractivity contribution < 1.29 is 103 Å². The zero-order chi connectivity index (χ0) is 42.4. The normalized spacial score (nSPS) is 38.3. The van der Waals surface area contributed by atoms with Gasteiger partial charge in [-0.3, -0.25) is 0 Å². The van der Waals surface area contributed by atoms with Gasteiger partial charge in [-0.2, -0.15) is 0 Å². The van der Waals surface area contributed by atoms with Crippen molar-refractivity contribution in [3.05, 3.63) is 0 Å². The Balaban J connectivity index is 0. The topological polar surface area (TPSA) is 274 Å². The molecule has 4 heterocycles. The number of rotatable bonds is 13. The lowest BCUT2D eigenvalue weighted by Gasteiger charge is -2.43. The van der Waals surface area contributed by atoms with Gasteiger partial charge in [0.25, 0.3) is 0 Å². The van der Waals surface area contributed by atoms with E-state index >= 15 is 0 Å². The summed E-state index contributed by atoms with van der Waals surface area (Å²) in [5.41, 5.74) is 11.3. The molecule has 0 aromatic heterocycles. The average Bonchev–Trinajstić information content (AvgIpc) is 3.93. The van der Waals surface area contributed by atoms with E-state index in [9.17, 15) is 25.5 Å². The van der Waals surface area contributed by atoms with Gasteiger partial charge >= 0.3 is 0 Å². The Morgan fingerprint density at radius 2 is 1.00 bits per heavy atom. The van der Waals surface area contributed by atoms with Crippen LogP contribution in [-0.2, 0) is 33.2 Å². The van der Waals surface area contributed by atoms with E-state index in [-0.39, 0.29) is 62.4 Å². The minimum Gasteiger partial charge on any atom is -1.00 e. The first-order valence-electron chi connectivity index (χ1n) is 19.1. The Morgan fingerprint density at radius 1 is 0.649 bits per heavy atom. The molecule has 12 N–H and O–H groups in total. The molecule has 17 atom stereocenters. The second-order valence-corrected chi connectivity index (χ2v) is 17.1. The zero-order valence-electron chi connectivity index (χ0n) is 36.1. The van der Waals surface area contributed by atoms with Crippen LogP contribution in [0.1, 0.15) is 20.8 Å². The van der Waals surface area contributed by atoms with Crippen LogP contribution in [0.4, 0.5) is 0 Å². The number of nitrogens with one attached hydrogen (secondary N) is 1. The van der Waals surface area contributed by atoms with Gasteiger partial charge in [0, 0.05) is 45.6 Å². The third kappa shape index (κ3) is 20.0. The standard InChI is InChI=1S/C14H31N2O5.2C8H17NO4.C6H14NO.2ClH/c1-9-11(8-17)21-14(20-5)12(13(9)19)15-6-10(18)7-16(2,3)4;2*1-4-5(3-10)13-8(12-2)6(9)7(4)11;1-7(2,3)4-6-5-8-6;;/h9-15,17-19H,6-8H2,1-5H3;2*4-8,10-11H,3,9H2,1-2H3;6H,4-5H2,1-3H3;2*1H/q+1;;;+1;;/p-2. The number of nitrogens with zero attached hydrogens (tertiary/aromatic N) is 2. The highest BCUT2D eigenvalue weighted by Crippen LogP contribution is 2.27. The van der Waals surface area contributed by atoms with Gasteiger partial charge in [-0.05, 0) is 0 Å². The Hall–Kier alpha value is -0.180. The molecule has 346 valence electrons. The Bertz CT molecular complexity index is 959. The number of aliphatic hydroxyl groups excluding tert-OH is 7. The molecule has 0 bridgehead atoms. The number of nitrogens with two attached hydrogens (primary N) is 2. The van der Waals surface area contributed by atoms with Crippen molar-refractivity contribution in [1.82, 2.24) is 5.32 Å². The highest BCUT2D eigenvalue weighted by Gasteiger charge is 2.44. The Morgan fingerprint density at radius 3 is 1.28 bits per heavy atom. The second kappa shape index (κ2) is 27.7. The average molecular weight is 877 g/mol. The number of epoxide rings is 1. The minimum atomic E-state index is -0.711. The summed E-state index contributed by atoms with van der Waals surface area (Å²) in [4.78, 5) is 0. The summed E-state index contributed by atoms with van der Waals surface area (Å²) in [5.74, 6) is -0.563. The number of likely N-dealkylation sites (N-methyl/N-ethyl adjacent to an activating group) is 2. The third-order valence-electron chi connectivity index (χ3n) is 10.1. The van der Waals surface area contributed by atoms with Gasteiger partial charge in [-0.1, -0.05) is 20.8 Å². The van der Waals surface area contributed by atoms with E-state index in [0.717, 1.165) is 17.6 Å². The molecule has 0 spiro atoms. The summed E-state index contributed by atoms with van der Waals surface area (Å²) in [5, 5.41) is 70.0. The van der Waals surface area contributed by atoms with Crippen molar-refractivity contribution >= 4 is 0 Å². The number of halogens is 2. The van der Waals surface area contributed by atoms with Crippen molar-refractivity contribution in [1.29, 1.82) is 0 Å². The molecule has 0 aliphatic carbocycles. The highest BCUT2D eigenvalue weighted by molar-refractivity contribution is 4.92. The molecule has 4 fully saturated rings. The quantitative estimate of drug-likeness (QED) is 0.0608. The lowest BCUT2D eigenvalue weighted by Crippen LogP contribution is -3.00. The first-order chi connectivity index (χ1) is 25.5. The van der Waals surface area contributed by atoms with Crippen LogP contribution in [0.3, 0.4) is 0 Å². The molecule has 0 amide bonds. The molecular weight excluding hydrogens is 797 g/mol. The number of aliphatic hydroxyl groups is 7. The van der Waals surface area contributed by atoms with Gasteiger partial charge in [-0.25, -0.2) is 0 Å². The molecule has 4 aliphatic rings. The van der Waals surface area contributed by atoms with Gasteiger partial charge in [0.1, 0.15) is 25.3 Å². The number of hydrogen-bond acceptors (Lipinski definition) is 17. The molecule has 0 aromatic rings. The van der Waals surface area contributed by atoms with Gasteiger partial charge in [-0.15, -0.1) is 0 Å². The SMILES string of the molecule is COC1OC(CO)C(C)C(O)C1N.COC1OC(CO)C(C)C(O)C1N.COC1OC(CO)C(C)C(O)C1NCC(O)C[N+](C)(C)C.C[N+](C)(C)CC1CO1.[Cl-].[Cl-]. The summed E-state index contributed by atoms with van der Waals surface area (Å²) in [6, 6.07) is -1.54. The first kappa shape index (κ1) is 58.9. The maximum atomic E-state index is 10.4. The maximum absolute atomic E-state index is 10.4. The Kier molecular flexibility index (Phi) is 28.6. The van der Waals surface area contributed by atoms with Crippen LogP contribution in [0.25, 0.3) is 0 Å². The van der Waals surface area contributed by atoms with Crippen LogP contribution in [0.15, 0.2) is 0 Å². The highest BCUT2D eigenvalue weighted by atomic mass is 35.5. The Labute approximate surface area is 352 Å². The van der Waals surface area contributed by atoms with Gasteiger partial charge in [0.2, 0.25) is 0 Å². The molecule has 0 saturated carbocycles. The van der Waals surface area contributed by atoms with E-state index < -0.39 is 79.7 Å². The van der Waals surface area contributed by atoms with Crippen LogP contribution >= 0.6 is 0 Å². The number of ether oxygens (including phenoxy) is 7. The van der Waals surface area contributed by atoms with Gasteiger partial charge in [0.15, 0.2) is 18.9 Å². The van der Waals surface area contributed by atoms with E-state index in [1.54, 1.807) is 13.8 Å². The molecule has 21 heteroatoms. The largest absolute Gasteiger partial charge is 1.00 e. The van der Waals surface area contributed by atoms with E-state index in [1.807, 2.05) is 28.1 Å². The van der Waals surface area contributed by atoms with Crippen molar-refractivity contribution in [2.24, 2.45) is 29.2 Å². The summed E-state index contributed by atoms with van der Waals surface area (Å²) < 4.78 is 38.1. The molecule has 19 nitrogen and oxygen atoms in total. The number of quaternary nitrogens is 2. The number of methoxy groups -OCH3 is 3. The van der Waals surface area contributed by atoms with Crippen LogP contribution in [-0.4, -0.2) is 240 Å². The fraction of sp³-hybridized carbons (Fsp3) is 1.00. The molecule has 17 unspecified atom stereocenters. The molecule has 0 aromatic carbocycles. The summed E-state index contributed by atoms with van der Waals surface area (Å²) in [7, 11) is 17.0. The lowest BCUT2D eigenvalue weighted by atomic mass is 9.89. The van der Waals surface area contributed by atoms with E-state index in [4.69, 9.17) is 54.8 Å². The van der Waals surface area contributed by atoms with Crippen LogP contribution in [0.5, 0.6) is 0 Å². The van der Waals surface area contributed by atoms with E-state index in [2.05, 4.69) is 26.5 Å². The molecule has 4 saturated heterocycles. The summed E-state index contributed by atoms with van der Waals surface area (Å²) in [6.07, 6.45) is -5.24. The fourth-order valence-corrected chi connectivity index (χ4v) is 6.55. The van der Waals surface area contributed by atoms with Gasteiger partial charge < -0.3 is 119 Å². The maximum Gasteiger partial charge on any atom is 0.175 e. The van der Waals surface area contributed by atoms with E-state index in [0.29, 0.717) is 23.7 Å². The first-order valence-corrected chi connectivity index (χ1v) is 19.1. The number of hydrogen-bond donors (Lipinski definition) is 10. The summed E-state index contributed by atoms with van der Waals surface area (Å²) in [6.45, 7) is 8.06. The van der Waals surface area contributed by atoms with Crippen LogP contribution in [0, 0.1) is 17.8 Å². The molecular formula is C36H79Cl2N5O14. The molecule has 0 radical (unpaired) electrons. The monoisotopic (exact) mass is 876 g/mol. The minimum absolute atomic E-state index is 0. The molecule has 4 rings (SSSR count). The predicted octanol–water partition coefficient (Wildman–Crippen LogP) is -10.2. The smallest absolute Gasteiger partial charge is 0.175 e. The second-order valence-electron chi connectivity index (χ2n) is 17.1. The van der Waals surface area contributed by atoms with Crippen LogP contribution in [0.2, 0.25) is 0 Å². The lowest BCUT2D eigenvalue weighted by molar-refractivity contribution is -0.873. The summed E-state index contributed by atoms with van der Waals surface area (Å²) >= 11 is 0. The van der Waals surface area contributed by atoms with Crippen molar-refractivity contribution in [3.8, 4) is 0 Å². The van der Waals surface area contributed by atoms with Crippen molar-refractivity contribution in [2.75, 3.05) is 110 Å².